The normalized spacial score (nSPS) is 23.0. The highest BCUT2D eigenvalue weighted by molar-refractivity contribution is 5.75. The van der Waals surface area contributed by atoms with Gasteiger partial charge in [-0.1, -0.05) is 0 Å². The van der Waals surface area contributed by atoms with Crippen molar-refractivity contribution in [2.45, 2.75) is 39.2 Å². The standard InChI is InChI=1S/C20H29NO5/c1-15-11-17-18(26-10-9-25-17)12-16(15)13-21-7-3-5-20(14-21,19(22)23)6-4-8-24-2/h11-12H,3-10,13-14H2,1-2H3,(H,22,23)/t20-/m1/s1. The van der Waals surface area contributed by atoms with Crippen molar-refractivity contribution < 1.29 is 24.1 Å². The monoisotopic (exact) mass is 363 g/mol. The van der Waals surface area contributed by atoms with Crippen LogP contribution in [0.15, 0.2) is 12.1 Å². The Labute approximate surface area is 155 Å². The summed E-state index contributed by atoms with van der Waals surface area (Å²) in [5.74, 6) is 0.909. The van der Waals surface area contributed by atoms with Gasteiger partial charge in [0.25, 0.3) is 0 Å². The van der Waals surface area contributed by atoms with Gasteiger partial charge in [-0.15, -0.1) is 0 Å². The van der Waals surface area contributed by atoms with E-state index in [1.54, 1.807) is 7.11 Å². The van der Waals surface area contributed by atoms with Crippen LogP contribution in [0.3, 0.4) is 0 Å². The average Bonchev–Trinajstić information content (AvgIpc) is 2.63. The van der Waals surface area contributed by atoms with E-state index >= 15 is 0 Å². The van der Waals surface area contributed by atoms with Gasteiger partial charge >= 0.3 is 5.97 Å². The lowest BCUT2D eigenvalue weighted by Crippen LogP contribution is -2.47. The van der Waals surface area contributed by atoms with Crippen LogP contribution in [0.1, 0.15) is 36.8 Å². The van der Waals surface area contributed by atoms with Crippen LogP contribution in [0.25, 0.3) is 0 Å². The molecule has 0 radical (unpaired) electrons. The number of fused-ring (bicyclic) bond motifs is 1. The van der Waals surface area contributed by atoms with E-state index in [0.29, 0.717) is 32.8 Å². The molecule has 2 aliphatic rings. The van der Waals surface area contributed by atoms with Crippen LogP contribution in [0.4, 0.5) is 0 Å². The van der Waals surface area contributed by atoms with Crippen LogP contribution in [0.5, 0.6) is 11.5 Å². The van der Waals surface area contributed by atoms with E-state index < -0.39 is 11.4 Å². The molecule has 26 heavy (non-hydrogen) atoms. The summed E-state index contributed by atoms with van der Waals surface area (Å²) in [4.78, 5) is 14.3. The number of hydrogen-bond acceptors (Lipinski definition) is 5. The fraction of sp³-hybridized carbons (Fsp3) is 0.650. The molecule has 1 N–H and O–H groups in total. The van der Waals surface area contributed by atoms with Crippen LogP contribution < -0.4 is 9.47 Å². The first kappa shape index (κ1) is 19.0. The van der Waals surface area contributed by atoms with Crippen molar-refractivity contribution in [3.8, 4) is 11.5 Å². The molecule has 0 aromatic heterocycles. The van der Waals surface area contributed by atoms with Gasteiger partial charge in [-0.25, -0.2) is 0 Å². The maximum absolute atomic E-state index is 12.0. The zero-order chi connectivity index (χ0) is 18.6. The number of hydrogen-bond donors (Lipinski definition) is 1. The lowest BCUT2D eigenvalue weighted by molar-refractivity contribution is -0.153. The molecule has 0 saturated carbocycles. The number of piperidine rings is 1. The van der Waals surface area contributed by atoms with Crippen molar-refractivity contribution in [3.63, 3.8) is 0 Å². The molecule has 144 valence electrons. The minimum atomic E-state index is -0.683. The summed E-state index contributed by atoms with van der Waals surface area (Å²) in [7, 11) is 1.66. The van der Waals surface area contributed by atoms with E-state index in [0.717, 1.165) is 49.4 Å². The highest BCUT2D eigenvalue weighted by Gasteiger charge is 2.41. The van der Waals surface area contributed by atoms with Gasteiger partial charge in [-0.3, -0.25) is 9.69 Å². The smallest absolute Gasteiger partial charge is 0.310 e. The van der Waals surface area contributed by atoms with Gasteiger partial charge in [-0.05, 0) is 62.4 Å². The van der Waals surface area contributed by atoms with Crippen LogP contribution in [-0.2, 0) is 16.1 Å². The van der Waals surface area contributed by atoms with Gasteiger partial charge in [0.15, 0.2) is 11.5 Å². The Bertz CT molecular complexity index is 647. The largest absolute Gasteiger partial charge is 0.486 e. The Hall–Kier alpha value is -1.79. The second-order valence-electron chi connectivity index (χ2n) is 7.42. The zero-order valence-electron chi connectivity index (χ0n) is 15.8. The highest BCUT2D eigenvalue weighted by Crippen LogP contribution is 2.37. The fourth-order valence-electron chi connectivity index (χ4n) is 4.05. The number of carbonyl (C=O) groups is 1. The number of ether oxygens (including phenoxy) is 3. The molecule has 0 aliphatic carbocycles. The molecule has 6 heteroatoms. The van der Waals surface area contributed by atoms with Gasteiger partial charge in [0.05, 0.1) is 5.41 Å². The van der Waals surface area contributed by atoms with Crippen molar-refractivity contribution in [1.82, 2.24) is 4.90 Å². The van der Waals surface area contributed by atoms with Gasteiger partial charge in [0, 0.05) is 26.8 Å². The van der Waals surface area contributed by atoms with E-state index in [1.807, 2.05) is 12.1 Å². The minimum absolute atomic E-state index is 0.570. The number of aliphatic carboxylic acids is 1. The lowest BCUT2D eigenvalue weighted by atomic mass is 9.76. The molecule has 0 amide bonds. The van der Waals surface area contributed by atoms with Gasteiger partial charge < -0.3 is 19.3 Å². The predicted octanol–water partition coefficient (Wildman–Crippen LogP) is 2.86. The van der Waals surface area contributed by atoms with E-state index in [4.69, 9.17) is 14.2 Å². The van der Waals surface area contributed by atoms with Crippen molar-refractivity contribution in [3.05, 3.63) is 23.3 Å². The van der Waals surface area contributed by atoms with Crippen LogP contribution in [0, 0.1) is 12.3 Å². The number of aryl methyl sites for hydroxylation is 1. The molecule has 6 nitrogen and oxygen atoms in total. The Kier molecular flexibility index (Phi) is 6.04. The molecule has 3 rings (SSSR count). The second kappa shape index (κ2) is 8.27. The molecule has 0 spiro atoms. The minimum Gasteiger partial charge on any atom is -0.486 e. The first-order chi connectivity index (χ1) is 12.5. The van der Waals surface area contributed by atoms with Crippen LogP contribution in [0.2, 0.25) is 0 Å². The summed E-state index contributed by atoms with van der Waals surface area (Å²) < 4.78 is 16.5. The fourth-order valence-corrected chi connectivity index (χ4v) is 4.05. The quantitative estimate of drug-likeness (QED) is 0.752. The maximum Gasteiger partial charge on any atom is 0.310 e. The molecule has 2 heterocycles. The summed E-state index contributed by atoms with van der Waals surface area (Å²) in [6.07, 6.45) is 3.08. The number of carboxylic acid groups (broad SMARTS) is 1. The summed E-state index contributed by atoms with van der Waals surface area (Å²) in [5, 5.41) is 9.88. The van der Waals surface area contributed by atoms with Gasteiger partial charge in [0.2, 0.25) is 0 Å². The predicted molar refractivity (Wildman–Crippen MR) is 97.9 cm³/mol. The number of nitrogens with zero attached hydrogens (tertiary/aromatic N) is 1. The molecule has 0 unspecified atom stereocenters. The topological polar surface area (TPSA) is 68.2 Å². The summed E-state index contributed by atoms with van der Waals surface area (Å²) in [5.41, 5.74) is 1.66. The first-order valence-electron chi connectivity index (χ1n) is 9.38. The van der Waals surface area contributed by atoms with E-state index in [-0.39, 0.29) is 0 Å². The van der Waals surface area contributed by atoms with Crippen molar-refractivity contribution >= 4 is 5.97 Å². The van der Waals surface area contributed by atoms with Crippen molar-refractivity contribution in [2.75, 3.05) is 40.0 Å². The molecule has 1 saturated heterocycles. The summed E-state index contributed by atoms with van der Waals surface area (Å²) in [6.45, 7) is 6.08. The van der Waals surface area contributed by atoms with E-state index in [9.17, 15) is 9.90 Å². The molecule has 1 aromatic carbocycles. The molecule has 1 aromatic rings. The van der Waals surface area contributed by atoms with Gasteiger partial charge in [-0.2, -0.15) is 0 Å². The third kappa shape index (κ3) is 4.13. The summed E-state index contributed by atoms with van der Waals surface area (Å²) in [6, 6.07) is 4.07. The molecule has 0 bridgehead atoms. The average molecular weight is 363 g/mol. The SMILES string of the molecule is COCCC[C@]1(C(=O)O)CCCN(Cc2cc3c(cc2C)OCCO3)C1. The summed E-state index contributed by atoms with van der Waals surface area (Å²) >= 11 is 0. The number of likely N-dealkylation sites (tertiary alicyclic amines) is 1. The third-order valence-corrected chi connectivity index (χ3v) is 5.51. The molecule has 1 fully saturated rings. The molecule has 2 aliphatic heterocycles. The number of benzene rings is 1. The molecule has 1 atom stereocenters. The highest BCUT2D eigenvalue weighted by atomic mass is 16.6. The van der Waals surface area contributed by atoms with Crippen molar-refractivity contribution in [1.29, 1.82) is 0 Å². The van der Waals surface area contributed by atoms with Crippen molar-refractivity contribution in [2.24, 2.45) is 5.41 Å². The number of methoxy groups -OCH3 is 1. The second-order valence-corrected chi connectivity index (χ2v) is 7.42. The van der Waals surface area contributed by atoms with E-state index in [2.05, 4.69) is 11.8 Å². The Morgan fingerprint density at radius 3 is 2.73 bits per heavy atom. The zero-order valence-corrected chi connectivity index (χ0v) is 15.8. The van der Waals surface area contributed by atoms with E-state index in [1.165, 1.54) is 5.56 Å². The third-order valence-electron chi connectivity index (χ3n) is 5.51. The molecular weight excluding hydrogens is 334 g/mol. The number of rotatable bonds is 7. The van der Waals surface area contributed by atoms with Gasteiger partial charge in [0.1, 0.15) is 13.2 Å². The van der Waals surface area contributed by atoms with Crippen LogP contribution in [-0.4, -0.2) is 56.0 Å². The maximum atomic E-state index is 12.0. The lowest BCUT2D eigenvalue weighted by Gasteiger charge is -2.40. The first-order valence-corrected chi connectivity index (χ1v) is 9.38. The number of carboxylic acids is 1. The van der Waals surface area contributed by atoms with Crippen LogP contribution >= 0.6 is 0 Å². The Morgan fingerprint density at radius 2 is 2.04 bits per heavy atom. The Balaban J connectivity index is 1.72. The Morgan fingerprint density at radius 1 is 1.31 bits per heavy atom. The molecular formula is C20H29NO5.